The second-order valence-electron chi connectivity index (χ2n) is 5.44. The lowest BCUT2D eigenvalue weighted by atomic mass is 10.2. The lowest BCUT2D eigenvalue weighted by Crippen LogP contribution is -2.42. The van der Waals surface area contributed by atoms with E-state index in [1.54, 1.807) is 7.11 Å². The Kier molecular flexibility index (Phi) is 2.27. The number of ether oxygens (including phenoxy) is 1. The van der Waals surface area contributed by atoms with Crippen LogP contribution in [0.15, 0.2) is 0 Å². The highest BCUT2D eigenvalue weighted by Crippen LogP contribution is 2.44. The maximum atomic E-state index is 12.3. The average molecular weight is 224 g/mol. The molecule has 1 amide bonds. The van der Waals surface area contributed by atoms with Gasteiger partial charge >= 0.3 is 0 Å². The highest BCUT2D eigenvalue weighted by Gasteiger charge is 2.59. The number of nitrogens with zero attached hydrogens (tertiary/aromatic N) is 1. The molecule has 16 heavy (non-hydrogen) atoms. The van der Waals surface area contributed by atoms with Crippen molar-refractivity contribution in [2.45, 2.75) is 62.9 Å². The average Bonchev–Trinajstić information content (AvgIpc) is 2.81. The van der Waals surface area contributed by atoms with Crippen molar-refractivity contribution in [2.24, 2.45) is 0 Å². The lowest BCUT2D eigenvalue weighted by molar-refractivity contribution is -0.132. The molecule has 90 valence electrons. The van der Waals surface area contributed by atoms with Crippen molar-refractivity contribution in [2.75, 3.05) is 7.11 Å². The van der Waals surface area contributed by atoms with Gasteiger partial charge in [-0.05, 0) is 39.0 Å². The molecule has 3 fully saturated rings. The molecule has 2 saturated carbocycles. The van der Waals surface area contributed by atoms with Gasteiger partial charge in [0.05, 0.1) is 17.8 Å². The van der Waals surface area contributed by atoms with Crippen LogP contribution in [0.2, 0.25) is 0 Å². The molecule has 3 atom stereocenters. The van der Waals surface area contributed by atoms with Crippen LogP contribution >= 0.6 is 0 Å². The summed E-state index contributed by atoms with van der Waals surface area (Å²) in [6, 6.07) is 0.389. The Hall–Kier alpha value is -0.610. The standard InChI is InChI=1S/C12H20N2O2/c1-8-13-12(5-6-12)11(15)14(8)9-3-4-10(7-9)16-2/h8-10,13H,3-7H2,1-2H3. The van der Waals surface area contributed by atoms with Crippen LogP contribution in [0.1, 0.15) is 39.0 Å². The summed E-state index contributed by atoms with van der Waals surface area (Å²) in [6.07, 6.45) is 5.78. The van der Waals surface area contributed by atoms with Crippen LogP contribution in [0, 0.1) is 0 Å². The minimum absolute atomic E-state index is 0.162. The van der Waals surface area contributed by atoms with Crippen LogP contribution in [-0.2, 0) is 9.53 Å². The maximum Gasteiger partial charge on any atom is 0.244 e. The molecule has 1 heterocycles. The number of carbonyl (C=O) groups excluding carboxylic acids is 1. The third-order valence-corrected chi connectivity index (χ3v) is 4.38. The molecule has 1 N–H and O–H groups in total. The summed E-state index contributed by atoms with van der Waals surface area (Å²) in [5.74, 6) is 0.335. The van der Waals surface area contributed by atoms with Gasteiger partial charge in [0.1, 0.15) is 0 Å². The predicted molar refractivity (Wildman–Crippen MR) is 59.8 cm³/mol. The lowest BCUT2D eigenvalue weighted by Gasteiger charge is -2.28. The van der Waals surface area contributed by atoms with E-state index >= 15 is 0 Å². The van der Waals surface area contributed by atoms with E-state index in [0.717, 1.165) is 32.1 Å². The number of rotatable bonds is 2. The summed E-state index contributed by atoms with van der Waals surface area (Å²) >= 11 is 0. The first-order valence-corrected chi connectivity index (χ1v) is 6.29. The smallest absolute Gasteiger partial charge is 0.244 e. The van der Waals surface area contributed by atoms with E-state index < -0.39 is 0 Å². The molecule has 3 rings (SSSR count). The summed E-state index contributed by atoms with van der Waals surface area (Å²) in [7, 11) is 1.77. The summed E-state index contributed by atoms with van der Waals surface area (Å²) in [5, 5.41) is 3.45. The fourth-order valence-electron chi connectivity index (χ4n) is 3.30. The Labute approximate surface area is 96.3 Å². The molecule has 1 saturated heterocycles. The number of methoxy groups -OCH3 is 1. The molecule has 0 aromatic rings. The largest absolute Gasteiger partial charge is 0.381 e. The first-order valence-electron chi connectivity index (χ1n) is 6.29. The van der Waals surface area contributed by atoms with Gasteiger partial charge in [0.15, 0.2) is 0 Å². The first kappa shape index (κ1) is 10.5. The van der Waals surface area contributed by atoms with E-state index in [-0.39, 0.29) is 11.7 Å². The van der Waals surface area contributed by atoms with Gasteiger partial charge in [-0.25, -0.2) is 0 Å². The normalized spacial score (nSPS) is 41.0. The zero-order valence-electron chi connectivity index (χ0n) is 10.0. The maximum absolute atomic E-state index is 12.3. The number of amides is 1. The first-order chi connectivity index (χ1) is 7.66. The summed E-state index contributed by atoms with van der Waals surface area (Å²) in [5.41, 5.74) is -0.162. The fourth-order valence-corrected chi connectivity index (χ4v) is 3.30. The van der Waals surface area contributed by atoms with Gasteiger partial charge in [0, 0.05) is 13.2 Å². The van der Waals surface area contributed by atoms with E-state index in [0.29, 0.717) is 18.1 Å². The molecule has 0 radical (unpaired) electrons. The van der Waals surface area contributed by atoms with Gasteiger partial charge in [0.2, 0.25) is 5.91 Å². The molecule has 4 nitrogen and oxygen atoms in total. The van der Waals surface area contributed by atoms with Crippen molar-refractivity contribution in [1.82, 2.24) is 10.2 Å². The van der Waals surface area contributed by atoms with E-state index in [2.05, 4.69) is 17.1 Å². The van der Waals surface area contributed by atoms with Gasteiger partial charge in [0.25, 0.3) is 0 Å². The molecule has 1 spiro atoms. The van der Waals surface area contributed by atoms with Crippen molar-refractivity contribution in [1.29, 1.82) is 0 Å². The van der Waals surface area contributed by atoms with Crippen molar-refractivity contribution in [3.63, 3.8) is 0 Å². The second kappa shape index (κ2) is 3.44. The molecular weight excluding hydrogens is 204 g/mol. The molecule has 0 aromatic heterocycles. The third-order valence-electron chi connectivity index (χ3n) is 4.38. The van der Waals surface area contributed by atoms with Crippen LogP contribution < -0.4 is 5.32 Å². The Morgan fingerprint density at radius 3 is 2.69 bits per heavy atom. The number of nitrogens with one attached hydrogen (secondary N) is 1. The van der Waals surface area contributed by atoms with Crippen LogP contribution in [0.5, 0.6) is 0 Å². The summed E-state index contributed by atoms with van der Waals surface area (Å²) < 4.78 is 5.38. The zero-order valence-corrected chi connectivity index (χ0v) is 10.0. The topological polar surface area (TPSA) is 41.6 Å². The molecule has 2 aliphatic carbocycles. The van der Waals surface area contributed by atoms with Gasteiger partial charge in [-0.3, -0.25) is 10.1 Å². The van der Waals surface area contributed by atoms with Crippen LogP contribution in [0.4, 0.5) is 0 Å². The molecule has 3 unspecified atom stereocenters. The van der Waals surface area contributed by atoms with Crippen molar-refractivity contribution in [3.8, 4) is 0 Å². The fraction of sp³-hybridized carbons (Fsp3) is 0.917. The highest BCUT2D eigenvalue weighted by atomic mass is 16.5. The van der Waals surface area contributed by atoms with Crippen LogP contribution in [0.25, 0.3) is 0 Å². The Balaban J connectivity index is 1.73. The van der Waals surface area contributed by atoms with E-state index in [4.69, 9.17) is 4.74 Å². The monoisotopic (exact) mass is 224 g/mol. The SMILES string of the molecule is COC1CCC(N2C(=O)C3(CC3)NC2C)C1. The summed E-state index contributed by atoms with van der Waals surface area (Å²) in [6.45, 7) is 2.10. The van der Waals surface area contributed by atoms with Gasteiger partial charge in [-0.15, -0.1) is 0 Å². The van der Waals surface area contributed by atoms with Gasteiger partial charge in [-0.1, -0.05) is 0 Å². The quantitative estimate of drug-likeness (QED) is 0.756. The van der Waals surface area contributed by atoms with E-state index in [1.165, 1.54) is 0 Å². The van der Waals surface area contributed by atoms with E-state index in [1.807, 2.05) is 0 Å². The van der Waals surface area contributed by atoms with Crippen LogP contribution in [0.3, 0.4) is 0 Å². The number of hydrogen-bond donors (Lipinski definition) is 1. The molecule has 0 bridgehead atoms. The molecule has 4 heteroatoms. The Morgan fingerprint density at radius 2 is 2.19 bits per heavy atom. The van der Waals surface area contributed by atoms with Crippen LogP contribution in [-0.4, -0.2) is 41.8 Å². The van der Waals surface area contributed by atoms with Gasteiger partial charge in [-0.2, -0.15) is 0 Å². The predicted octanol–water partition coefficient (Wildman–Crippen LogP) is 0.864. The Morgan fingerprint density at radius 1 is 1.44 bits per heavy atom. The minimum atomic E-state index is -0.162. The molecular formula is C12H20N2O2. The zero-order chi connectivity index (χ0) is 11.3. The summed E-state index contributed by atoms with van der Waals surface area (Å²) in [4.78, 5) is 14.4. The van der Waals surface area contributed by atoms with E-state index in [9.17, 15) is 4.79 Å². The Bertz CT molecular complexity index is 314. The minimum Gasteiger partial charge on any atom is -0.381 e. The molecule has 3 aliphatic rings. The van der Waals surface area contributed by atoms with Gasteiger partial charge < -0.3 is 9.64 Å². The number of carbonyl (C=O) groups is 1. The second-order valence-corrected chi connectivity index (χ2v) is 5.44. The molecule has 1 aliphatic heterocycles. The van der Waals surface area contributed by atoms with Crippen molar-refractivity contribution < 1.29 is 9.53 Å². The molecule has 0 aromatic carbocycles. The van der Waals surface area contributed by atoms with Crippen molar-refractivity contribution >= 4 is 5.91 Å². The number of hydrogen-bond acceptors (Lipinski definition) is 3. The van der Waals surface area contributed by atoms with Crippen molar-refractivity contribution in [3.05, 3.63) is 0 Å². The third kappa shape index (κ3) is 1.39. The highest BCUT2D eigenvalue weighted by molar-refractivity contribution is 5.92.